The van der Waals surface area contributed by atoms with E-state index in [9.17, 15) is 0 Å². The lowest BCUT2D eigenvalue weighted by Crippen LogP contribution is -2.35. The lowest BCUT2D eigenvalue weighted by molar-refractivity contribution is -0.297. The average Bonchev–Trinajstić information content (AvgIpc) is 1.86. The number of nitrogens with one attached hydrogen (secondary N) is 1. The zero-order chi connectivity index (χ0) is 10.2. The molecule has 0 bridgehead atoms. The number of carboxylic acids is 1. The Balaban J connectivity index is 0. The number of carbonyl (C=O) groups excluding carboxylic acids is 1. The van der Waals surface area contributed by atoms with Crippen LogP contribution in [0.5, 0.6) is 0 Å². The van der Waals surface area contributed by atoms with E-state index in [0.717, 1.165) is 12.6 Å². The van der Waals surface area contributed by atoms with Gasteiger partial charge >= 0.3 is 0 Å². The number of carbonyl (C=O) groups is 1. The molecular formula is C9H18NO2-. The van der Waals surface area contributed by atoms with Gasteiger partial charge in [0.05, 0.1) is 5.97 Å². The molecule has 0 unspecified atom stereocenters. The second-order valence-corrected chi connectivity index (χ2v) is 3.30. The van der Waals surface area contributed by atoms with Gasteiger partial charge in [-0.05, 0) is 33.4 Å². The van der Waals surface area contributed by atoms with Gasteiger partial charge in [0.15, 0.2) is 0 Å². The summed E-state index contributed by atoms with van der Waals surface area (Å²) in [5.74, 6) is -1.23. The standard InChI is InChI=1S/C6H15N.C3H4O2/c1-5-7-6(2,3)4;1-2-3(4)5/h7H,5H2,1-4H3;2H,1H2,(H,4,5)/p-1. The quantitative estimate of drug-likeness (QED) is 0.610. The second-order valence-electron chi connectivity index (χ2n) is 3.30. The van der Waals surface area contributed by atoms with Gasteiger partial charge in [0.25, 0.3) is 0 Å². The van der Waals surface area contributed by atoms with Crippen LogP contribution in [-0.4, -0.2) is 18.1 Å². The van der Waals surface area contributed by atoms with Gasteiger partial charge in [-0.25, -0.2) is 0 Å². The Morgan fingerprint density at radius 2 is 1.92 bits per heavy atom. The highest BCUT2D eigenvalue weighted by Crippen LogP contribution is 1.95. The highest BCUT2D eigenvalue weighted by Gasteiger charge is 2.04. The molecule has 3 nitrogen and oxygen atoms in total. The SMILES string of the molecule is C=CC(=O)[O-].CCNC(C)(C)C. The molecule has 72 valence electrons. The number of hydrogen-bond acceptors (Lipinski definition) is 3. The maximum Gasteiger partial charge on any atom is 0.0636 e. The molecule has 0 aliphatic heterocycles. The summed E-state index contributed by atoms with van der Waals surface area (Å²) in [6, 6.07) is 0. The van der Waals surface area contributed by atoms with Crippen LogP contribution in [0.3, 0.4) is 0 Å². The highest BCUT2D eigenvalue weighted by atomic mass is 16.4. The summed E-state index contributed by atoms with van der Waals surface area (Å²) in [6.07, 6.45) is 0.722. The van der Waals surface area contributed by atoms with Crippen LogP contribution >= 0.6 is 0 Å². The summed E-state index contributed by atoms with van der Waals surface area (Å²) < 4.78 is 0. The maximum atomic E-state index is 9.14. The van der Waals surface area contributed by atoms with Crippen molar-refractivity contribution in [2.24, 2.45) is 0 Å². The topological polar surface area (TPSA) is 52.2 Å². The predicted octanol–water partition coefficient (Wildman–Crippen LogP) is 0.317. The molecule has 0 heterocycles. The minimum Gasteiger partial charge on any atom is -0.545 e. The molecule has 0 saturated heterocycles. The summed E-state index contributed by atoms with van der Waals surface area (Å²) in [5, 5.41) is 12.4. The number of rotatable bonds is 2. The third-order valence-corrected chi connectivity index (χ3v) is 0.874. The van der Waals surface area contributed by atoms with Crippen molar-refractivity contribution in [2.45, 2.75) is 33.2 Å². The van der Waals surface area contributed by atoms with E-state index in [-0.39, 0.29) is 0 Å². The average molecular weight is 172 g/mol. The first-order valence-electron chi connectivity index (χ1n) is 3.92. The molecule has 0 fully saturated rings. The molecule has 0 amide bonds. The van der Waals surface area contributed by atoms with Crippen LogP contribution in [0.15, 0.2) is 12.7 Å². The van der Waals surface area contributed by atoms with Crippen LogP contribution in [0.25, 0.3) is 0 Å². The molecule has 0 aromatic carbocycles. The minimum atomic E-state index is -1.23. The minimum absolute atomic E-state index is 0.300. The predicted molar refractivity (Wildman–Crippen MR) is 48.6 cm³/mol. The van der Waals surface area contributed by atoms with Gasteiger partial charge in [0, 0.05) is 5.54 Å². The second kappa shape index (κ2) is 6.85. The molecule has 0 atom stereocenters. The van der Waals surface area contributed by atoms with Crippen molar-refractivity contribution in [2.75, 3.05) is 6.54 Å². The summed E-state index contributed by atoms with van der Waals surface area (Å²) in [5.41, 5.74) is 0.300. The molecule has 0 aliphatic rings. The molecule has 0 radical (unpaired) electrons. The molecule has 0 aromatic heterocycles. The van der Waals surface area contributed by atoms with Crippen molar-refractivity contribution in [3.63, 3.8) is 0 Å². The van der Waals surface area contributed by atoms with Gasteiger partial charge in [0.2, 0.25) is 0 Å². The third-order valence-electron chi connectivity index (χ3n) is 0.874. The van der Waals surface area contributed by atoms with Gasteiger partial charge in [-0.1, -0.05) is 13.5 Å². The Kier molecular flexibility index (Phi) is 7.85. The van der Waals surface area contributed by atoms with Crippen molar-refractivity contribution < 1.29 is 9.90 Å². The van der Waals surface area contributed by atoms with E-state index in [1.54, 1.807) is 0 Å². The Bertz CT molecular complexity index is 136. The summed E-state index contributed by atoms with van der Waals surface area (Å²) in [7, 11) is 0. The fourth-order valence-corrected chi connectivity index (χ4v) is 0.530. The molecule has 0 aliphatic carbocycles. The van der Waals surface area contributed by atoms with Crippen LogP contribution < -0.4 is 10.4 Å². The van der Waals surface area contributed by atoms with Crippen LogP contribution in [0.1, 0.15) is 27.7 Å². The van der Waals surface area contributed by atoms with Gasteiger partial charge in [0.1, 0.15) is 0 Å². The van der Waals surface area contributed by atoms with Crippen molar-refractivity contribution in [3.05, 3.63) is 12.7 Å². The van der Waals surface area contributed by atoms with Crippen molar-refractivity contribution in [1.82, 2.24) is 5.32 Å². The fourth-order valence-electron chi connectivity index (χ4n) is 0.530. The Morgan fingerprint density at radius 3 is 1.92 bits per heavy atom. The summed E-state index contributed by atoms with van der Waals surface area (Å²) in [4.78, 5) is 9.14. The molecule has 0 saturated carbocycles. The first-order valence-corrected chi connectivity index (χ1v) is 3.92. The lowest BCUT2D eigenvalue weighted by Gasteiger charge is -2.18. The van der Waals surface area contributed by atoms with Gasteiger partial charge in [-0.15, -0.1) is 0 Å². The molecule has 3 heteroatoms. The summed E-state index contributed by atoms with van der Waals surface area (Å²) in [6.45, 7) is 12.6. The Labute approximate surface area is 74.5 Å². The van der Waals surface area contributed by atoms with Crippen LogP contribution in [0.2, 0.25) is 0 Å². The van der Waals surface area contributed by atoms with E-state index in [1.807, 2.05) is 0 Å². The highest BCUT2D eigenvalue weighted by molar-refractivity contribution is 5.76. The zero-order valence-corrected chi connectivity index (χ0v) is 8.31. The van der Waals surface area contributed by atoms with E-state index in [1.165, 1.54) is 0 Å². The van der Waals surface area contributed by atoms with Crippen molar-refractivity contribution >= 4 is 5.97 Å². The molecule has 12 heavy (non-hydrogen) atoms. The monoisotopic (exact) mass is 172 g/mol. The molecule has 1 N–H and O–H groups in total. The third kappa shape index (κ3) is 22.9. The fraction of sp³-hybridized carbons (Fsp3) is 0.667. The first-order chi connectivity index (χ1) is 5.33. The van der Waals surface area contributed by atoms with Gasteiger partial charge in [-0.2, -0.15) is 0 Å². The van der Waals surface area contributed by atoms with Crippen LogP contribution in [0, 0.1) is 0 Å². The van der Waals surface area contributed by atoms with E-state index in [4.69, 9.17) is 9.90 Å². The number of hydrogen-bond donors (Lipinski definition) is 1. The maximum absolute atomic E-state index is 9.14. The van der Waals surface area contributed by atoms with Crippen LogP contribution in [0.4, 0.5) is 0 Å². The lowest BCUT2D eigenvalue weighted by atomic mass is 10.1. The van der Waals surface area contributed by atoms with Crippen molar-refractivity contribution in [1.29, 1.82) is 0 Å². The normalized spacial score (nSPS) is 9.67. The number of carboxylic acid groups (broad SMARTS) is 1. The van der Waals surface area contributed by atoms with Gasteiger partial charge in [-0.3, -0.25) is 0 Å². The first kappa shape index (κ1) is 13.7. The Morgan fingerprint density at radius 1 is 1.58 bits per heavy atom. The van der Waals surface area contributed by atoms with Gasteiger partial charge < -0.3 is 15.2 Å². The molecule has 0 spiro atoms. The molecular weight excluding hydrogens is 154 g/mol. The summed E-state index contributed by atoms with van der Waals surface area (Å²) >= 11 is 0. The van der Waals surface area contributed by atoms with E-state index in [0.29, 0.717) is 5.54 Å². The van der Waals surface area contributed by atoms with Crippen LogP contribution in [-0.2, 0) is 4.79 Å². The molecule has 0 aromatic rings. The Hall–Kier alpha value is -0.830. The van der Waals surface area contributed by atoms with E-state index in [2.05, 4.69) is 39.6 Å². The largest absolute Gasteiger partial charge is 0.545 e. The van der Waals surface area contributed by atoms with E-state index >= 15 is 0 Å². The van der Waals surface area contributed by atoms with Crippen molar-refractivity contribution in [3.8, 4) is 0 Å². The molecule has 0 rings (SSSR count). The smallest absolute Gasteiger partial charge is 0.0636 e. The number of aliphatic carboxylic acids is 1. The zero-order valence-electron chi connectivity index (χ0n) is 8.31. The van der Waals surface area contributed by atoms with E-state index < -0.39 is 5.97 Å².